The lowest BCUT2D eigenvalue weighted by Gasteiger charge is -2.21. The van der Waals surface area contributed by atoms with E-state index in [9.17, 15) is 0 Å². The third kappa shape index (κ3) is 3.95. The molecule has 2 atom stereocenters. The summed E-state index contributed by atoms with van der Waals surface area (Å²) in [6.45, 7) is 8.12. The van der Waals surface area contributed by atoms with Gasteiger partial charge in [-0.05, 0) is 45.8 Å². The summed E-state index contributed by atoms with van der Waals surface area (Å²) in [5.41, 5.74) is 0. The Kier molecular flexibility index (Phi) is 5.45. The van der Waals surface area contributed by atoms with E-state index in [1.165, 1.54) is 38.9 Å². The van der Waals surface area contributed by atoms with Crippen LogP contribution in [0, 0.1) is 0 Å². The van der Waals surface area contributed by atoms with Gasteiger partial charge in [0.15, 0.2) is 0 Å². The predicted molar refractivity (Wildman–Crippen MR) is 59.4 cm³/mol. The van der Waals surface area contributed by atoms with Crippen LogP contribution in [0.2, 0.25) is 0 Å². The van der Waals surface area contributed by atoms with Gasteiger partial charge in [-0.25, -0.2) is 0 Å². The summed E-state index contributed by atoms with van der Waals surface area (Å²) in [5.74, 6) is 0. The van der Waals surface area contributed by atoms with Gasteiger partial charge in [0.1, 0.15) is 0 Å². The molecule has 84 valence electrons. The lowest BCUT2D eigenvalue weighted by molar-refractivity contribution is 0.234. The van der Waals surface area contributed by atoms with Crippen molar-refractivity contribution >= 4 is 0 Å². The number of hydrogen-bond acceptors (Lipinski definition) is 3. The van der Waals surface area contributed by atoms with Crippen molar-refractivity contribution in [3.8, 4) is 0 Å². The molecule has 1 aliphatic rings. The van der Waals surface area contributed by atoms with E-state index in [0.29, 0.717) is 6.04 Å². The van der Waals surface area contributed by atoms with Crippen LogP contribution >= 0.6 is 0 Å². The molecule has 2 N–H and O–H groups in total. The molecule has 0 bridgehead atoms. The van der Waals surface area contributed by atoms with Crippen LogP contribution in [0.25, 0.3) is 0 Å². The van der Waals surface area contributed by atoms with Crippen LogP contribution in [0.3, 0.4) is 0 Å². The van der Waals surface area contributed by atoms with Crippen LogP contribution in [0.5, 0.6) is 0 Å². The number of likely N-dealkylation sites (tertiary alicyclic amines) is 1. The maximum absolute atomic E-state index is 8.96. The molecule has 1 saturated heterocycles. The smallest absolute Gasteiger partial charge is 0.0582 e. The fourth-order valence-corrected chi connectivity index (χ4v) is 2.09. The van der Waals surface area contributed by atoms with E-state index in [4.69, 9.17) is 5.11 Å². The molecule has 0 aliphatic carbocycles. The normalized spacial score (nSPS) is 27.2. The van der Waals surface area contributed by atoms with Crippen molar-refractivity contribution in [1.82, 2.24) is 10.2 Å². The topological polar surface area (TPSA) is 35.5 Å². The van der Waals surface area contributed by atoms with Gasteiger partial charge in [0.2, 0.25) is 0 Å². The summed E-state index contributed by atoms with van der Waals surface area (Å²) in [5, 5.41) is 12.4. The Morgan fingerprint density at radius 3 is 2.86 bits per heavy atom. The van der Waals surface area contributed by atoms with Gasteiger partial charge in [-0.2, -0.15) is 0 Å². The molecule has 0 radical (unpaired) electrons. The molecule has 0 aromatic carbocycles. The zero-order valence-electron chi connectivity index (χ0n) is 9.50. The summed E-state index contributed by atoms with van der Waals surface area (Å²) in [7, 11) is 0. The molecule has 1 heterocycles. The van der Waals surface area contributed by atoms with Gasteiger partial charge >= 0.3 is 0 Å². The SMILES string of the molecule is CCN1CCCC(N[C@H](C)CO)CC1. The zero-order chi connectivity index (χ0) is 10.4. The van der Waals surface area contributed by atoms with Crippen LogP contribution in [0.1, 0.15) is 33.1 Å². The minimum absolute atomic E-state index is 0.244. The first-order valence-corrected chi connectivity index (χ1v) is 5.85. The largest absolute Gasteiger partial charge is 0.395 e. The zero-order valence-corrected chi connectivity index (χ0v) is 9.50. The molecule has 0 aromatic rings. The predicted octanol–water partition coefficient (Wildman–Crippen LogP) is 0.831. The molecular formula is C11H24N2O. The standard InChI is InChI=1S/C11H24N2O/c1-3-13-7-4-5-11(6-8-13)12-10(2)9-14/h10-12,14H,3-9H2,1-2H3/t10-,11?/m1/s1. The molecule has 1 aliphatic heterocycles. The van der Waals surface area contributed by atoms with Gasteiger partial charge in [-0.1, -0.05) is 6.92 Å². The second-order valence-corrected chi connectivity index (χ2v) is 4.31. The fraction of sp³-hybridized carbons (Fsp3) is 1.00. The first kappa shape index (κ1) is 12.0. The molecule has 1 unspecified atom stereocenters. The van der Waals surface area contributed by atoms with Crippen LogP contribution in [-0.2, 0) is 0 Å². The first-order chi connectivity index (χ1) is 6.76. The molecule has 3 nitrogen and oxygen atoms in total. The quantitative estimate of drug-likeness (QED) is 0.705. The van der Waals surface area contributed by atoms with Gasteiger partial charge in [0.05, 0.1) is 6.61 Å². The highest BCUT2D eigenvalue weighted by molar-refractivity contribution is 4.76. The maximum Gasteiger partial charge on any atom is 0.0582 e. The Balaban J connectivity index is 2.27. The van der Waals surface area contributed by atoms with Crippen molar-refractivity contribution in [2.24, 2.45) is 0 Å². The second-order valence-electron chi connectivity index (χ2n) is 4.31. The van der Waals surface area contributed by atoms with Crippen molar-refractivity contribution in [1.29, 1.82) is 0 Å². The first-order valence-electron chi connectivity index (χ1n) is 5.85. The van der Waals surface area contributed by atoms with Crippen LogP contribution < -0.4 is 5.32 Å². The summed E-state index contributed by atoms with van der Waals surface area (Å²) in [6.07, 6.45) is 3.75. The van der Waals surface area contributed by atoms with Gasteiger partial charge in [0.25, 0.3) is 0 Å². The molecule has 0 aromatic heterocycles. The number of hydrogen-bond donors (Lipinski definition) is 2. The van der Waals surface area contributed by atoms with Crippen molar-refractivity contribution in [3.63, 3.8) is 0 Å². The summed E-state index contributed by atoms with van der Waals surface area (Å²) in [6, 6.07) is 0.849. The van der Waals surface area contributed by atoms with Crippen molar-refractivity contribution in [3.05, 3.63) is 0 Å². The third-order valence-corrected chi connectivity index (χ3v) is 3.06. The number of aliphatic hydroxyl groups excluding tert-OH is 1. The van der Waals surface area contributed by atoms with E-state index in [2.05, 4.69) is 17.1 Å². The summed E-state index contributed by atoms with van der Waals surface area (Å²) in [4.78, 5) is 2.51. The van der Waals surface area contributed by atoms with Crippen molar-refractivity contribution < 1.29 is 5.11 Å². The Hall–Kier alpha value is -0.120. The summed E-state index contributed by atoms with van der Waals surface area (Å²) < 4.78 is 0. The highest BCUT2D eigenvalue weighted by atomic mass is 16.3. The molecule has 0 spiro atoms. The Bertz CT molecular complexity index is 152. The molecule has 1 fully saturated rings. The molecule has 0 saturated carbocycles. The number of nitrogens with one attached hydrogen (secondary N) is 1. The van der Waals surface area contributed by atoms with Crippen molar-refractivity contribution in [2.45, 2.75) is 45.2 Å². The monoisotopic (exact) mass is 200 g/mol. The number of nitrogens with zero attached hydrogens (tertiary/aromatic N) is 1. The van der Waals surface area contributed by atoms with Crippen molar-refractivity contribution in [2.75, 3.05) is 26.2 Å². The lowest BCUT2D eigenvalue weighted by Crippen LogP contribution is -2.39. The summed E-state index contributed by atoms with van der Waals surface area (Å²) >= 11 is 0. The van der Waals surface area contributed by atoms with Crippen LogP contribution in [-0.4, -0.2) is 48.3 Å². The lowest BCUT2D eigenvalue weighted by atomic mass is 10.1. The second kappa shape index (κ2) is 6.38. The molecule has 3 heteroatoms. The third-order valence-electron chi connectivity index (χ3n) is 3.06. The Morgan fingerprint density at radius 2 is 2.21 bits per heavy atom. The minimum atomic E-state index is 0.244. The maximum atomic E-state index is 8.96. The minimum Gasteiger partial charge on any atom is -0.395 e. The molecular weight excluding hydrogens is 176 g/mol. The Morgan fingerprint density at radius 1 is 1.43 bits per heavy atom. The van der Waals surface area contributed by atoms with E-state index >= 15 is 0 Å². The molecule has 0 amide bonds. The van der Waals surface area contributed by atoms with E-state index in [-0.39, 0.29) is 12.6 Å². The van der Waals surface area contributed by atoms with Crippen LogP contribution in [0.4, 0.5) is 0 Å². The van der Waals surface area contributed by atoms with Gasteiger partial charge < -0.3 is 15.3 Å². The highest BCUT2D eigenvalue weighted by Crippen LogP contribution is 2.11. The fourth-order valence-electron chi connectivity index (χ4n) is 2.09. The van der Waals surface area contributed by atoms with E-state index < -0.39 is 0 Å². The van der Waals surface area contributed by atoms with Gasteiger partial charge in [-0.15, -0.1) is 0 Å². The Labute approximate surface area is 87.5 Å². The van der Waals surface area contributed by atoms with E-state index in [1.807, 2.05) is 6.92 Å². The average Bonchev–Trinajstić information content (AvgIpc) is 2.43. The van der Waals surface area contributed by atoms with Crippen LogP contribution in [0.15, 0.2) is 0 Å². The van der Waals surface area contributed by atoms with E-state index in [0.717, 1.165) is 0 Å². The number of rotatable bonds is 4. The number of aliphatic hydroxyl groups is 1. The van der Waals surface area contributed by atoms with Gasteiger partial charge in [-0.3, -0.25) is 0 Å². The molecule has 1 rings (SSSR count). The average molecular weight is 200 g/mol. The van der Waals surface area contributed by atoms with Gasteiger partial charge in [0, 0.05) is 12.1 Å². The highest BCUT2D eigenvalue weighted by Gasteiger charge is 2.16. The van der Waals surface area contributed by atoms with E-state index in [1.54, 1.807) is 0 Å². The molecule has 14 heavy (non-hydrogen) atoms.